The summed E-state index contributed by atoms with van der Waals surface area (Å²) in [5, 5.41) is 3.80. The number of nitrogens with one attached hydrogen (secondary N) is 1. The summed E-state index contributed by atoms with van der Waals surface area (Å²) in [5.74, 6) is 1.23. The van der Waals surface area contributed by atoms with Crippen LogP contribution in [0.4, 0.5) is 10.5 Å². The standard InChI is InChI=1S/C30H28Cl2N2O3/c1-21(24-11-7-4-8-12-24)34(30(35)33-27-15-14-25(31)18-26(27)32)19-23-13-16-28(36-2)29(17-23)37-20-22-9-5-3-6-10-22/h3-18,21H,19-20H2,1-2H3,(H,33,35). The maximum absolute atomic E-state index is 13.6. The van der Waals surface area contributed by atoms with Crippen LogP contribution >= 0.6 is 23.2 Å². The van der Waals surface area contributed by atoms with Crippen LogP contribution in [0.15, 0.2) is 97.1 Å². The number of rotatable bonds is 9. The van der Waals surface area contributed by atoms with Crippen molar-refractivity contribution >= 4 is 34.9 Å². The van der Waals surface area contributed by atoms with E-state index in [9.17, 15) is 4.79 Å². The Morgan fingerprint density at radius 1 is 0.865 bits per heavy atom. The molecule has 2 amide bonds. The van der Waals surface area contributed by atoms with Gasteiger partial charge in [-0.25, -0.2) is 4.79 Å². The van der Waals surface area contributed by atoms with Crippen molar-refractivity contribution in [1.82, 2.24) is 4.90 Å². The van der Waals surface area contributed by atoms with Gasteiger partial charge >= 0.3 is 6.03 Å². The highest BCUT2D eigenvalue weighted by Crippen LogP contribution is 2.32. The molecular formula is C30H28Cl2N2O3. The molecule has 0 aliphatic heterocycles. The average Bonchev–Trinajstić information content (AvgIpc) is 2.92. The van der Waals surface area contributed by atoms with E-state index in [-0.39, 0.29) is 12.1 Å². The second-order valence-corrected chi connectivity index (χ2v) is 9.37. The molecule has 4 aromatic rings. The number of carbonyl (C=O) groups excluding carboxylic acids is 1. The lowest BCUT2D eigenvalue weighted by molar-refractivity contribution is 0.189. The van der Waals surface area contributed by atoms with Crippen molar-refractivity contribution < 1.29 is 14.3 Å². The van der Waals surface area contributed by atoms with Gasteiger partial charge in [-0.3, -0.25) is 0 Å². The van der Waals surface area contributed by atoms with E-state index in [2.05, 4.69) is 5.32 Å². The molecule has 0 fully saturated rings. The quantitative estimate of drug-likeness (QED) is 0.234. The lowest BCUT2D eigenvalue weighted by Crippen LogP contribution is -2.36. The molecule has 37 heavy (non-hydrogen) atoms. The summed E-state index contributed by atoms with van der Waals surface area (Å²) in [7, 11) is 1.61. The van der Waals surface area contributed by atoms with E-state index in [4.69, 9.17) is 32.7 Å². The van der Waals surface area contributed by atoms with Crippen molar-refractivity contribution in [1.29, 1.82) is 0 Å². The summed E-state index contributed by atoms with van der Waals surface area (Å²) in [4.78, 5) is 15.3. The number of amides is 2. The largest absolute Gasteiger partial charge is 0.493 e. The zero-order chi connectivity index (χ0) is 26.2. The minimum atomic E-state index is -0.289. The first-order valence-corrected chi connectivity index (χ1v) is 12.6. The molecule has 1 atom stereocenters. The third-order valence-corrected chi connectivity index (χ3v) is 6.55. The van der Waals surface area contributed by atoms with Crippen LogP contribution in [0.25, 0.3) is 0 Å². The molecule has 1 N–H and O–H groups in total. The Balaban J connectivity index is 1.60. The number of hydrogen-bond donors (Lipinski definition) is 1. The van der Waals surface area contributed by atoms with Crippen LogP contribution in [0.2, 0.25) is 10.0 Å². The number of anilines is 1. The van der Waals surface area contributed by atoms with E-state index < -0.39 is 0 Å². The van der Waals surface area contributed by atoms with E-state index in [1.165, 1.54) is 0 Å². The molecule has 4 aromatic carbocycles. The number of hydrogen-bond acceptors (Lipinski definition) is 3. The molecule has 4 rings (SSSR count). The molecule has 0 radical (unpaired) electrons. The molecule has 0 aliphatic carbocycles. The molecule has 1 unspecified atom stereocenters. The maximum Gasteiger partial charge on any atom is 0.322 e. The van der Waals surface area contributed by atoms with Crippen molar-refractivity contribution in [3.8, 4) is 11.5 Å². The lowest BCUT2D eigenvalue weighted by Gasteiger charge is -2.30. The van der Waals surface area contributed by atoms with E-state index >= 15 is 0 Å². The van der Waals surface area contributed by atoms with Crippen molar-refractivity contribution in [3.63, 3.8) is 0 Å². The Labute approximate surface area is 227 Å². The molecule has 7 heteroatoms. The Bertz CT molecular complexity index is 1330. The van der Waals surface area contributed by atoms with Crippen molar-refractivity contribution in [2.45, 2.75) is 26.1 Å². The summed E-state index contributed by atoms with van der Waals surface area (Å²) in [6, 6.07) is 30.0. The predicted molar refractivity (Wildman–Crippen MR) is 150 cm³/mol. The van der Waals surface area contributed by atoms with Gasteiger partial charge in [-0.2, -0.15) is 0 Å². The smallest absolute Gasteiger partial charge is 0.322 e. The van der Waals surface area contributed by atoms with Gasteiger partial charge in [-0.15, -0.1) is 0 Å². The first-order valence-electron chi connectivity index (χ1n) is 11.9. The molecule has 190 valence electrons. The Morgan fingerprint density at radius 2 is 1.57 bits per heavy atom. The fraction of sp³-hybridized carbons (Fsp3) is 0.167. The first kappa shape index (κ1) is 26.4. The second-order valence-electron chi connectivity index (χ2n) is 8.53. The number of carbonyl (C=O) groups is 1. The zero-order valence-corrected chi connectivity index (χ0v) is 22.2. The molecule has 0 spiro atoms. The summed E-state index contributed by atoms with van der Waals surface area (Å²) >= 11 is 12.4. The molecule has 0 saturated carbocycles. The third-order valence-electron chi connectivity index (χ3n) is 6.00. The van der Waals surface area contributed by atoms with Gasteiger partial charge in [-0.1, -0.05) is 89.9 Å². The van der Waals surface area contributed by atoms with Gasteiger partial charge in [0.25, 0.3) is 0 Å². The van der Waals surface area contributed by atoms with Crippen LogP contribution in [0.1, 0.15) is 29.7 Å². The average molecular weight is 535 g/mol. The normalized spacial score (nSPS) is 11.5. The van der Waals surface area contributed by atoms with E-state index in [0.29, 0.717) is 40.4 Å². The van der Waals surface area contributed by atoms with Crippen molar-refractivity contribution in [3.05, 3.63) is 124 Å². The minimum absolute atomic E-state index is 0.219. The highest BCUT2D eigenvalue weighted by Gasteiger charge is 2.23. The van der Waals surface area contributed by atoms with E-state index in [1.54, 1.807) is 30.2 Å². The Morgan fingerprint density at radius 3 is 2.24 bits per heavy atom. The molecule has 0 aromatic heterocycles. The van der Waals surface area contributed by atoms with Crippen LogP contribution in [-0.4, -0.2) is 18.0 Å². The van der Waals surface area contributed by atoms with Crippen molar-refractivity contribution in [2.24, 2.45) is 0 Å². The van der Waals surface area contributed by atoms with Crippen LogP contribution < -0.4 is 14.8 Å². The highest BCUT2D eigenvalue weighted by molar-refractivity contribution is 6.36. The van der Waals surface area contributed by atoms with Gasteiger partial charge in [0, 0.05) is 11.6 Å². The van der Waals surface area contributed by atoms with Gasteiger partial charge in [0.05, 0.1) is 23.9 Å². The van der Waals surface area contributed by atoms with Crippen LogP contribution in [-0.2, 0) is 13.2 Å². The van der Waals surface area contributed by atoms with Gasteiger partial charge in [-0.05, 0) is 53.9 Å². The number of halogens is 2. The molecular weight excluding hydrogens is 507 g/mol. The fourth-order valence-electron chi connectivity index (χ4n) is 3.94. The maximum atomic E-state index is 13.6. The number of benzene rings is 4. The zero-order valence-electron chi connectivity index (χ0n) is 20.7. The fourth-order valence-corrected chi connectivity index (χ4v) is 4.39. The monoisotopic (exact) mass is 534 g/mol. The number of ether oxygens (including phenoxy) is 2. The number of nitrogens with zero attached hydrogens (tertiary/aromatic N) is 1. The minimum Gasteiger partial charge on any atom is -0.493 e. The second kappa shape index (κ2) is 12.5. The predicted octanol–water partition coefficient (Wildman–Crippen LogP) is 8.38. The van der Waals surface area contributed by atoms with Crippen molar-refractivity contribution in [2.75, 3.05) is 12.4 Å². The van der Waals surface area contributed by atoms with Gasteiger partial charge in [0.1, 0.15) is 6.61 Å². The molecule has 5 nitrogen and oxygen atoms in total. The highest BCUT2D eigenvalue weighted by atomic mass is 35.5. The van der Waals surface area contributed by atoms with Gasteiger partial charge in [0.2, 0.25) is 0 Å². The molecule has 0 saturated heterocycles. The summed E-state index contributed by atoms with van der Waals surface area (Å²) in [6.07, 6.45) is 0. The van der Waals surface area contributed by atoms with Gasteiger partial charge < -0.3 is 19.7 Å². The molecule has 0 heterocycles. The van der Waals surface area contributed by atoms with Gasteiger partial charge in [0.15, 0.2) is 11.5 Å². The van der Waals surface area contributed by atoms with E-state index in [1.807, 2.05) is 85.8 Å². The summed E-state index contributed by atoms with van der Waals surface area (Å²) in [6.45, 7) is 2.73. The topological polar surface area (TPSA) is 50.8 Å². The number of methoxy groups -OCH3 is 1. The third kappa shape index (κ3) is 6.97. The summed E-state index contributed by atoms with van der Waals surface area (Å²) in [5.41, 5.74) is 3.44. The number of urea groups is 1. The Kier molecular flexibility index (Phi) is 8.94. The summed E-state index contributed by atoms with van der Waals surface area (Å²) < 4.78 is 11.6. The molecule has 0 bridgehead atoms. The first-order chi connectivity index (χ1) is 17.9. The molecule has 0 aliphatic rings. The Hall–Kier alpha value is -3.67. The van der Waals surface area contributed by atoms with Crippen LogP contribution in [0, 0.1) is 0 Å². The van der Waals surface area contributed by atoms with Crippen LogP contribution in [0.3, 0.4) is 0 Å². The van der Waals surface area contributed by atoms with E-state index in [0.717, 1.165) is 16.7 Å². The van der Waals surface area contributed by atoms with Crippen LogP contribution in [0.5, 0.6) is 11.5 Å². The lowest BCUT2D eigenvalue weighted by atomic mass is 10.1. The SMILES string of the molecule is COc1ccc(CN(C(=O)Nc2ccc(Cl)cc2Cl)C(C)c2ccccc2)cc1OCc1ccccc1.